The molecule has 1 unspecified atom stereocenters. The second-order valence-electron chi connectivity index (χ2n) is 3.81. The van der Waals surface area contributed by atoms with Crippen LogP contribution in [0.4, 0.5) is 4.79 Å². The van der Waals surface area contributed by atoms with Crippen molar-refractivity contribution in [1.82, 2.24) is 20.8 Å². The summed E-state index contributed by atoms with van der Waals surface area (Å²) in [7, 11) is 0. The van der Waals surface area contributed by atoms with Crippen LogP contribution in [-0.2, 0) is 11.2 Å². The highest BCUT2D eigenvalue weighted by atomic mass is 16.5. The van der Waals surface area contributed by atoms with Gasteiger partial charge in [-0.2, -0.15) is 4.98 Å². The van der Waals surface area contributed by atoms with E-state index in [4.69, 9.17) is 14.7 Å². The zero-order valence-corrected chi connectivity index (χ0v) is 10.4. The number of hydrogen-bond acceptors (Lipinski definition) is 6. The van der Waals surface area contributed by atoms with E-state index in [-0.39, 0.29) is 13.0 Å². The standard InChI is InChI=1S/C10H16N4O5/c1-6-13-8(19-14-6)3-5-12-10(18)11-4-2-7(15)9(16)17/h7,15H,2-5H2,1H3,(H,16,17)(H2,11,12,18). The number of aliphatic hydroxyl groups is 1. The first-order valence-electron chi connectivity index (χ1n) is 5.71. The zero-order chi connectivity index (χ0) is 14.3. The Morgan fingerprint density at radius 1 is 1.37 bits per heavy atom. The molecule has 1 heterocycles. The van der Waals surface area contributed by atoms with Crippen LogP contribution in [0, 0.1) is 6.92 Å². The summed E-state index contributed by atoms with van der Waals surface area (Å²) >= 11 is 0. The Morgan fingerprint density at radius 3 is 2.63 bits per heavy atom. The van der Waals surface area contributed by atoms with Gasteiger partial charge in [0.25, 0.3) is 0 Å². The fraction of sp³-hybridized carbons (Fsp3) is 0.600. The molecule has 9 nitrogen and oxygen atoms in total. The first-order chi connectivity index (χ1) is 8.99. The Labute approximate surface area is 109 Å². The monoisotopic (exact) mass is 272 g/mol. The lowest BCUT2D eigenvalue weighted by atomic mass is 10.2. The van der Waals surface area contributed by atoms with Crippen LogP contribution in [-0.4, -0.2) is 51.5 Å². The lowest BCUT2D eigenvalue weighted by Crippen LogP contribution is -2.38. The predicted molar refractivity (Wildman–Crippen MR) is 62.4 cm³/mol. The molecular formula is C10H16N4O5. The molecular weight excluding hydrogens is 256 g/mol. The van der Waals surface area contributed by atoms with E-state index >= 15 is 0 Å². The molecule has 4 N–H and O–H groups in total. The molecule has 0 saturated heterocycles. The molecule has 19 heavy (non-hydrogen) atoms. The van der Waals surface area contributed by atoms with Gasteiger partial charge >= 0.3 is 12.0 Å². The number of amides is 2. The number of carboxylic acid groups (broad SMARTS) is 1. The molecule has 0 bridgehead atoms. The summed E-state index contributed by atoms with van der Waals surface area (Å²) in [4.78, 5) is 25.5. The number of carbonyl (C=O) groups is 2. The number of urea groups is 1. The van der Waals surface area contributed by atoms with Gasteiger partial charge in [-0.25, -0.2) is 9.59 Å². The molecule has 0 aliphatic carbocycles. The Hall–Kier alpha value is -2.16. The quantitative estimate of drug-likeness (QED) is 0.502. The third-order valence-electron chi connectivity index (χ3n) is 2.18. The number of aryl methyl sites for hydroxylation is 1. The van der Waals surface area contributed by atoms with E-state index in [0.717, 1.165) is 0 Å². The van der Waals surface area contributed by atoms with E-state index in [2.05, 4.69) is 20.8 Å². The molecule has 0 fully saturated rings. The van der Waals surface area contributed by atoms with Crippen LogP contribution in [0.3, 0.4) is 0 Å². The fourth-order valence-corrected chi connectivity index (χ4v) is 1.23. The molecule has 0 aromatic carbocycles. The highest BCUT2D eigenvalue weighted by Gasteiger charge is 2.12. The Kier molecular flexibility index (Phi) is 5.73. The molecule has 106 valence electrons. The van der Waals surface area contributed by atoms with Crippen LogP contribution in [0.25, 0.3) is 0 Å². The highest BCUT2D eigenvalue weighted by molar-refractivity contribution is 5.74. The lowest BCUT2D eigenvalue weighted by molar-refractivity contribution is -0.146. The topological polar surface area (TPSA) is 138 Å². The zero-order valence-electron chi connectivity index (χ0n) is 10.4. The van der Waals surface area contributed by atoms with Crippen molar-refractivity contribution in [2.75, 3.05) is 13.1 Å². The number of aromatic nitrogens is 2. The van der Waals surface area contributed by atoms with Gasteiger partial charge in [-0.1, -0.05) is 5.16 Å². The summed E-state index contributed by atoms with van der Waals surface area (Å²) < 4.78 is 4.85. The van der Waals surface area contributed by atoms with E-state index in [1.165, 1.54) is 0 Å². The van der Waals surface area contributed by atoms with E-state index in [1.54, 1.807) is 6.92 Å². The van der Waals surface area contributed by atoms with Gasteiger partial charge in [-0.3, -0.25) is 0 Å². The second kappa shape index (κ2) is 7.31. The first-order valence-corrected chi connectivity index (χ1v) is 5.71. The van der Waals surface area contributed by atoms with Crippen molar-refractivity contribution in [3.8, 4) is 0 Å². The molecule has 0 aliphatic rings. The third-order valence-corrected chi connectivity index (χ3v) is 2.18. The molecule has 2 amide bonds. The smallest absolute Gasteiger partial charge is 0.332 e. The van der Waals surface area contributed by atoms with Crippen LogP contribution in [0.2, 0.25) is 0 Å². The minimum atomic E-state index is -1.47. The van der Waals surface area contributed by atoms with E-state index in [0.29, 0.717) is 24.7 Å². The molecule has 0 spiro atoms. The van der Waals surface area contributed by atoms with Gasteiger partial charge in [0.1, 0.15) is 0 Å². The Bertz CT molecular complexity index is 433. The van der Waals surface area contributed by atoms with Gasteiger partial charge in [-0.15, -0.1) is 0 Å². The predicted octanol–water partition coefficient (Wildman–Crippen LogP) is -0.945. The van der Waals surface area contributed by atoms with Gasteiger partial charge in [0, 0.05) is 25.9 Å². The fourth-order valence-electron chi connectivity index (χ4n) is 1.23. The summed E-state index contributed by atoms with van der Waals surface area (Å²) in [6, 6.07) is -0.450. The highest BCUT2D eigenvalue weighted by Crippen LogP contribution is 1.95. The average molecular weight is 272 g/mol. The number of rotatable bonds is 7. The lowest BCUT2D eigenvalue weighted by Gasteiger charge is -2.08. The molecule has 1 rings (SSSR count). The van der Waals surface area contributed by atoms with Crippen molar-refractivity contribution in [3.63, 3.8) is 0 Å². The number of aliphatic carboxylic acids is 1. The van der Waals surface area contributed by atoms with Gasteiger partial charge in [0.15, 0.2) is 11.9 Å². The van der Waals surface area contributed by atoms with Crippen molar-refractivity contribution >= 4 is 12.0 Å². The molecule has 1 aromatic heterocycles. The van der Waals surface area contributed by atoms with Gasteiger partial charge in [0.05, 0.1) is 0 Å². The van der Waals surface area contributed by atoms with Gasteiger partial charge in [0.2, 0.25) is 5.89 Å². The molecule has 1 aromatic rings. The van der Waals surface area contributed by atoms with Gasteiger partial charge in [-0.05, 0) is 6.92 Å². The number of nitrogens with one attached hydrogen (secondary N) is 2. The van der Waals surface area contributed by atoms with Gasteiger partial charge < -0.3 is 25.4 Å². The molecule has 9 heteroatoms. The summed E-state index contributed by atoms with van der Waals surface area (Å²) in [5.41, 5.74) is 0. The van der Waals surface area contributed by atoms with E-state index in [1.807, 2.05) is 0 Å². The van der Waals surface area contributed by atoms with E-state index in [9.17, 15) is 9.59 Å². The van der Waals surface area contributed by atoms with Crippen molar-refractivity contribution in [2.45, 2.75) is 25.9 Å². The minimum Gasteiger partial charge on any atom is -0.479 e. The van der Waals surface area contributed by atoms with Crippen LogP contribution >= 0.6 is 0 Å². The minimum absolute atomic E-state index is 0.0500. The summed E-state index contributed by atoms with van der Waals surface area (Å²) in [6.07, 6.45) is -1.11. The maximum atomic E-state index is 11.3. The largest absolute Gasteiger partial charge is 0.479 e. The van der Waals surface area contributed by atoms with Crippen LogP contribution in [0.5, 0.6) is 0 Å². The van der Waals surface area contributed by atoms with Crippen LogP contribution in [0.1, 0.15) is 18.1 Å². The van der Waals surface area contributed by atoms with E-state index < -0.39 is 18.1 Å². The first kappa shape index (κ1) is 14.9. The van der Waals surface area contributed by atoms with Crippen molar-refractivity contribution < 1.29 is 24.3 Å². The van der Waals surface area contributed by atoms with Crippen molar-refractivity contribution in [1.29, 1.82) is 0 Å². The summed E-state index contributed by atoms with van der Waals surface area (Å²) in [5, 5.41) is 25.9. The summed E-state index contributed by atoms with van der Waals surface area (Å²) in [6.45, 7) is 2.08. The maximum Gasteiger partial charge on any atom is 0.332 e. The summed E-state index contributed by atoms with van der Waals surface area (Å²) in [5.74, 6) is -0.352. The molecule has 0 radical (unpaired) electrons. The Morgan fingerprint density at radius 2 is 2.05 bits per heavy atom. The SMILES string of the molecule is Cc1noc(CCNC(=O)NCCC(O)C(=O)O)n1. The van der Waals surface area contributed by atoms with Crippen molar-refractivity contribution in [2.24, 2.45) is 0 Å². The molecule has 0 aliphatic heterocycles. The second-order valence-corrected chi connectivity index (χ2v) is 3.81. The van der Waals surface area contributed by atoms with Crippen LogP contribution < -0.4 is 10.6 Å². The molecule has 0 saturated carbocycles. The number of carbonyl (C=O) groups excluding carboxylic acids is 1. The van der Waals surface area contributed by atoms with Crippen LogP contribution in [0.15, 0.2) is 4.52 Å². The third kappa shape index (κ3) is 5.82. The average Bonchev–Trinajstić information content (AvgIpc) is 2.74. The number of carboxylic acids is 1. The normalized spacial score (nSPS) is 11.9. The number of nitrogens with zero attached hydrogens (tertiary/aromatic N) is 2. The maximum absolute atomic E-state index is 11.3. The number of aliphatic hydroxyl groups excluding tert-OH is 1. The molecule has 1 atom stereocenters. The Balaban J connectivity index is 2.10. The number of hydrogen-bond donors (Lipinski definition) is 4. The van der Waals surface area contributed by atoms with Crippen molar-refractivity contribution in [3.05, 3.63) is 11.7 Å².